The van der Waals surface area contributed by atoms with Gasteiger partial charge in [-0.2, -0.15) is 0 Å². The van der Waals surface area contributed by atoms with Crippen LogP contribution in [0.25, 0.3) is 5.69 Å². The Morgan fingerprint density at radius 3 is 2.55 bits per heavy atom. The summed E-state index contributed by atoms with van der Waals surface area (Å²) >= 11 is 0. The summed E-state index contributed by atoms with van der Waals surface area (Å²) < 4.78 is 7.74. The summed E-state index contributed by atoms with van der Waals surface area (Å²) in [5.74, 6) is 2.08. The molecule has 6 heteroatoms. The number of aromatic nitrogens is 2. The normalized spacial score (nSPS) is 21.2. The van der Waals surface area contributed by atoms with E-state index in [2.05, 4.69) is 50.1 Å². The van der Waals surface area contributed by atoms with Crippen molar-refractivity contribution in [3.8, 4) is 11.4 Å². The van der Waals surface area contributed by atoms with E-state index in [9.17, 15) is 9.90 Å². The number of aryl methyl sites for hydroxylation is 1. The van der Waals surface area contributed by atoms with Gasteiger partial charge >= 0.3 is 0 Å². The second-order valence-corrected chi connectivity index (χ2v) is 11.0. The van der Waals surface area contributed by atoms with Crippen LogP contribution in [-0.4, -0.2) is 39.8 Å². The molecule has 1 aromatic heterocycles. The smallest absolute Gasteiger partial charge is 0.271 e. The molecule has 0 saturated heterocycles. The Bertz CT molecular complexity index is 979. The molecule has 1 aromatic carbocycles. The average Bonchev–Trinajstić information content (AvgIpc) is 3.10. The zero-order valence-corrected chi connectivity index (χ0v) is 21.4. The number of hydrogen-bond donors (Lipinski definition) is 2. The molecule has 1 amide bonds. The van der Waals surface area contributed by atoms with Crippen LogP contribution in [0.1, 0.15) is 87.9 Å². The number of imidazole rings is 1. The number of carbonyl (C=O) groups excluding carboxylic acids is 1. The molecule has 0 radical (unpaired) electrons. The Morgan fingerprint density at radius 2 is 1.97 bits per heavy atom. The summed E-state index contributed by atoms with van der Waals surface area (Å²) in [6, 6.07) is 6.21. The number of rotatable bonds is 7. The van der Waals surface area contributed by atoms with Crippen molar-refractivity contribution < 1.29 is 14.6 Å². The first-order valence-corrected chi connectivity index (χ1v) is 12.2. The Kier molecular flexibility index (Phi) is 7.57. The Balaban J connectivity index is 1.85. The molecule has 1 aliphatic rings. The van der Waals surface area contributed by atoms with Crippen LogP contribution in [0.4, 0.5) is 0 Å². The zero-order chi connectivity index (χ0) is 24.4. The van der Waals surface area contributed by atoms with Gasteiger partial charge in [0.25, 0.3) is 5.91 Å². The minimum Gasteiger partial charge on any atom is -0.496 e. The summed E-state index contributed by atoms with van der Waals surface area (Å²) in [5.41, 5.74) is 2.64. The number of hydrogen-bond acceptors (Lipinski definition) is 4. The Morgan fingerprint density at radius 1 is 1.30 bits per heavy atom. The van der Waals surface area contributed by atoms with Crippen LogP contribution >= 0.6 is 0 Å². The van der Waals surface area contributed by atoms with Gasteiger partial charge in [-0.05, 0) is 62.0 Å². The summed E-state index contributed by atoms with van der Waals surface area (Å²) in [6.07, 6.45) is 5.04. The fourth-order valence-corrected chi connectivity index (χ4v) is 4.75. The van der Waals surface area contributed by atoms with Crippen molar-refractivity contribution in [1.29, 1.82) is 0 Å². The van der Waals surface area contributed by atoms with Gasteiger partial charge in [0, 0.05) is 19.0 Å². The lowest BCUT2D eigenvalue weighted by molar-refractivity contribution is -0.00544. The first-order valence-electron chi connectivity index (χ1n) is 12.2. The Labute approximate surface area is 198 Å². The van der Waals surface area contributed by atoms with Crippen LogP contribution in [0.15, 0.2) is 18.2 Å². The van der Waals surface area contributed by atoms with Crippen LogP contribution in [-0.2, 0) is 12.8 Å². The maximum Gasteiger partial charge on any atom is 0.271 e. The van der Waals surface area contributed by atoms with Crippen molar-refractivity contribution in [3.05, 3.63) is 41.0 Å². The van der Waals surface area contributed by atoms with Gasteiger partial charge in [-0.3, -0.25) is 4.79 Å². The van der Waals surface area contributed by atoms with E-state index in [0.29, 0.717) is 18.0 Å². The van der Waals surface area contributed by atoms with Crippen molar-refractivity contribution in [1.82, 2.24) is 14.9 Å². The molecule has 2 N–H and O–H groups in total. The van der Waals surface area contributed by atoms with E-state index >= 15 is 0 Å². The maximum atomic E-state index is 13.0. The van der Waals surface area contributed by atoms with E-state index in [1.807, 2.05) is 24.5 Å². The third-order valence-electron chi connectivity index (χ3n) is 6.74. The first kappa shape index (κ1) is 25.3. The Hall–Kier alpha value is -2.34. The molecule has 6 nitrogen and oxygen atoms in total. The van der Waals surface area contributed by atoms with Gasteiger partial charge in [0.05, 0.1) is 24.1 Å². The summed E-state index contributed by atoms with van der Waals surface area (Å²) in [7, 11) is 1.70. The minimum atomic E-state index is -0.817. The molecular weight excluding hydrogens is 414 g/mol. The lowest BCUT2D eigenvalue weighted by atomic mass is 9.79. The molecule has 0 spiro atoms. The van der Waals surface area contributed by atoms with E-state index in [1.54, 1.807) is 7.11 Å². The van der Waals surface area contributed by atoms with Crippen LogP contribution in [0.2, 0.25) is 0 Å². The molecule has 33 heavy (non-hydrogen) atoms. The molecule has 1 fully saturated rings. The molecular formula is C27H41N3O3. The van der Waals surface area contributed by atoms with E-state index in [1.165, 1.54) is 0 Å². The number of methoxy groups -OCH3 is 1. The van der Waals surface area contributed by atoms with Crippen LogP contribution < -0.4 is 10.1 Å². The predicted molar refractivity (Wildman–Crippen MR) is 132 cm³/mol. The lowest BCUT2D eigenvalue weighted by Gasteiger charge is -2.34. The van der Waals surface area contributed by atoms with E-state index in [-0.39, 0.29) is 17.9 Å². The second-order valence-electron chi connectivity index (χ2n) is 11.0. The van der Waals surface area contributed by atoms with Gasteiger partial charge in [0.2, 0.25) is 0 Å². The first-order chi connectivity index (χ1) is 15.5. The highest BCUT2D eigenvalue weighted by Crippen LogP contribution is 2.32. The van der Waals surface area contributed by atoms with Crippen molar-refractivity contribution in [3.63, 3.8) is 0 Å². The van der Waals surface area contributed by atoms with Gasteiger partial charge in [-0.1, -0.05) is 40.7 Å². The number of ether oxygens (including phenoxy) is 1. The lowest BCUT2D eigenvalue weighted by Crippen LogP contribution is -2.45. The molecule has 0 bridgehead atoms. The highest BCUT2D eigenvalue weighted by Gasteiger charge is 2.32. The maximum absolute atomic E-state index is 13.0. The number of nitrogens with zero attached hydrogens (tertiary/aromatic N) is 2. The van der Waals surface area contributed by atoms with Gasteiger partial charge in [0.1, 0.15) is 17.3 Å². The second kappa shape index (κ2) is 9.88. The van der Waals surface area contributed by atoms with Crippen molar-refractivity contribution in [2.24, 2.45) is 11.3 Å². The average molecular weight is 456 g/mol. The molecule has 3 rings (SSSR count). The third-order valence-corrected chi connectivity index (χ3v) is 6.74. The monoisotopic (exact) mass is 455 g/mol. The molecule has 1 aliphatic carbocycles. The van der Waals surface area contributed by atoms with E-state index in [0.717, 1.165) is 60.6 Å². The van der Waals surface area contributed by atoms with Gasteiger partial charge < -0.3 is 19.7 Å². The van der Waals surface area contributed by atoms with Crippen molar-refractivity contribution in [2.75, 3.05) is 13.7 Å². The number of amides is 1. The molecule has 0 atom stereocenters. The predicted octanol–water partition coefficient (Wildman–Crippen LogP) is 5.01. The topological polar surface area (TPSA) is 76.4 Å². The summed E-state index contributed by atoms with van der Waals surface area (Å²) in [6.45, 7) is 13.1. The van der Waals surface area contributed by atoms with Crippen LogP contribution in [0.5, 0.6) is 5.75 Å². The highest BCUT2D eigenvalue weighted by atomic mass is 16.5. The highest BCUT2D eigenvalue weighted by molar-refractivity contribution is 5.93. The number of aliphatic hydroxyl groups is 1. The fraction of sp³-hybridized carbons (Fsp3) is 0.630. The third kappa shape index (κ3) is 5.97. The standard InChI is InChI=1S/C27H41N3O3/c1-8-23-29-24(25(31)28-17-27(32)13-11-18(2)12-14-27)19(3)30(23)21-10-9-20(16-26(4,5)6)22(15-21)33-7/h9-10,15,18,32H,8,11-14,16-17H2,1-7H3,(H,28,31). The van der Waals surface area contributed by atoms with Crippen molar-refractivity contribution >= 4 is 5.91 Å². The number of nitrogens with one attached hydrogen (secondary N) is 1. The van der Waals surface area contributed by atoms with E-state index in [4.69, 9.17) is 4.74 Å². The molecule has 182 valence electrons. The van der Waals surface area contributed by atoms with Crippen molar-refractivity contribution in [2.45, 2.75) is 85.7 Å². The quantitative estimate of drug-likeness (QED) is 0.615. The number of benzene rings is 1. The number of carbonyl (C=O) groups is 1. The minimum absolute atomic E-state index is 0.153. The van der Waals surface area contributed by atoms with Crippen LogP contribution in [0, 0.1) is 18.3 Å². The van der Waals surface area contributed by atoms with E-state index < -0.39 is 5.60 Å². The molecule has 1 saturated carbocycles. The largest absolute Gasteiger partial charge is 0.496 e. The molecule has 0 aliphatic heterocycles. The van der Waals surface area contributed by atoms with Crippen LogP contribution in [0.3, 0.4) is 0 Å². The summed E-state index contributed by atoms with van der Waals surface area (Å²) in [5, 5.41) is 13.8. The van der Waals surface area contributed by atoms with Gasteiger partial charge in [-0.15, -0.1) is 0 Å². The molecule has 2 aromatic rings. The fourth-order valence-electron chi connectivity index (χ4n) is 4.75. The molecule has 1 heterocycles. The molecule has 0 unspecified atom stereocenters. The SMILES string of the molecule is CCc1nc(C(=O)NCC2(O)CCC(C)CC2)c(C)n1-c1ccc(CC(C)(C)C)c(OC)c1. The summed E-state index contributed by atoms with van der Waals surface area (Å²) in [4.78, 5) is 17.7. The van der Waals surface area contributed by atoms with Gasteiger partial charge in [0.15, 0.2) is 0 Å². The van der Waals surface area contributed by atoms with Gasteiger partial charge in [-0.25, -0.2) is 4.98 Å². The zero-order valence-electron chi connectivity index (χ0n) is 21.4.